The smallest absolute Gasteiger partial charge is 0.255 e. The van der Waals surface area contributed by atoms with Gasteiger partial charge in [0.1, 0.15) is 0 Å². The number of rotatable bonds is 5. The lowest BCUT2D eigenvalue weighted by Crippen LogP contribution is -2.13. The third-order valence-electron chi connectivity index (χ3n) is 3.63. The summed E-state index contributed by atoms with van der Waals surface area (Å²) in [5, 5.41) is 6.98. The summed E-state index contributed by atoms with van der Waals surface area (Å²) in [5.41, 5.74) is 3.23. The Morgan fingerprint density at radius 1 is 1.04 bits per heavy atom. The Bertz CT molecular complexity index is 1040. The Morgan fingerprint density at radius 3 is 2.35 bits per heavy atom. The van der Waals surface area contributed by atoms with Gasteiger partial charge in [0.15, 0.2) is 0 Å². The molecule has 0 bridgehead atoms. The fourth-order valence-electron chi connectivity index (χ4n) is 2.47. The van der Waals surface area contributed by atoms with Crippen molar-refractivity contribution < 1.29 is 13.2 Å². The summed E-state index contributed by atoms with van der Waals surface area (Å²) in [4.78, 5) is 12.4. The maximum absolute atomic E-state index is 12.4. The lowest BCUT2D eigenvalue weighted by atomic mass is 10.2. The van der Waals surface area contributed by atoms with Crippen LogP contribution in [0.15, 0.2) is 60.8 Å². The predicted molar refractivity (Wildman–Crippen MR) is 101 cm³/mol. The Hall–Kier alpha value is -3.13. The van der Waals surface area contributed by atoms with Gasteiger partial charge in [-0.3, -0.25) is 9.52 Å². The normalized spacial score (nSPS) is 11.2. The number of nitrogens with one attached hydrogen (secondary N) is 2. The third kappa shape index (κ3) is 4.28. The summed E-state index contributed by atoms with van der Waals surface area (Å²) in [6, 6.07) is 15.5. The van der Waals surface area contributed by atoms with E-state index in [1.165, 1.54) is 0 Å². The van der Waals surface area contributed by atoms with E-state index in [1.54, 1.807) is 47.3 Å². The number of nitrogens with zero attached hydrogens (tertiary/aromatic N) is 2. The van der Waals surface area contributed by atoms with Crippen LogP contribution in [0.4, 0.5) is 11.4 Å². The second-order valence-corrected chi connectivity index (χ2v) is 7.59. The lowest BCUT2D eigenvalue weighted by Gasteiger charge is -2.09. The average Bonchev–Trinajstić information content (AvgIpc) is 3.00. The van der Waals surface area contributed by atoms with Gasteiger partial charge in [0, 0.05) is 23.1 Å². The molecule has 0 aliphatic rings. The standard InChI is InChI=1S/C18H18N4O3S/c1-13-10-11-19-22(13)17-8-6-14(7-9-17)18(23)20-15-4-3-5-16(12-15)21-26(2,24)25/h3-12,21H,1-2H3,(H,20,23). The van der Waals surface area contributed by atoms with E-state index in [2.05, 4.69) is 15.1 Å². The molecule has 1 heterocycles. The molecule has 2 aromatic carbocycles. The van der Waals surface area contributed by atoms with Crippen LogP contribution in [0, 0.1) is 6.92 Å². The number of anilines is 2. The van der Waals surface area contributed by atoms with Crippen LogP contribution in [0.3, 0.4) is 0 Å². The van der Waals surface area contributed by atoms with E-state index in [0.29, 0.717) is 16.9 Å². The molecule has 0 aliphatic heterocycles. The van der Waals surface area contributed by atoms with Crippen molar-refractivity contribution in [2.45, 2.75) is 6.92 Å². The predicted octanol–water partition coefficient (Wildman–Crippen LogP) is 2.80. The minimum absolute atomic E-state index is 0.287. The largest absolute Gasteiger partial charge is 0.322 e. The first-order valence-electron chi connectivity index (χ1n) is 7.82. The first-order valence-corrected chi connectivity index (χ1v) is 9.71. The summed E-state index contributed by atoms with van der Waals surface area (Å²) in [5.74, 6) is -0.287. The SMILES string of the molecule is Cc1ccnn1-c1ccc(C(=O)Nc2cccc(NS(C)(=O)=O)c2)cc1. The van der Waals surface area contributed by atoms with Crippen LogP contribution in [0.1, 0.15) is 16.1 Å². The molecule has 1 aromatic heterocycles. The van der Waals surface area contributed by atoms with Gasteiger partial charge in [-0.1, -0.05) is 6.07 Å². The zero-order valence-electron chi connectivity index (χ0n) is 14.3. The molecule has 3 rings (SSSR count). The molecule has 0 aliphatic carbocycles. The second-order valence-electron chi connectivity index (χ2n) is 5.84. The van der Waals surface area contributed by atoms with Crippen LogP contribution in [-0.2, 0) is 10.0 Å². The summed E-state index contributed by atoms with van der Waals surface area (Å²) in [6.07, 6.45) is 2.79. The Balaban J connectivity index is 1.74. The number of carbonyl (C=O) groups is 1. The van der Waals surface area contributed by atoms with Gasteiger partial charge in [0.25, 0.3) is 5.91 Å². The molecule has 1 amide bonds. The van der Waals surface area contributed by atoms with Crippen LogP contribution in [0.2, 0.25) is 0 Å². The molecule has 0 spiro atoms. The Morgan fingerprint density at radius 2 is 1.73 bits per heavy atom. The quantitative estimate of drug-likeness (QED) is 0.722. The van der Waals surface area contributed by atoms with Gasteiger partial charge in [0.2, 0.25) is 10.0 Å². The van der Waals surface area contributed by atoms with Crippen LogP contribution < -0.4 is 10.0 Å². The van der Waals surface area contributed by atoms with Gasteiger partial charge in [-0.25, -0.2) is 13.1 Å². The van der Waals surface area contributed by atoms with Gasteiger partial charge in [-0.05, 0) is 55.5 Å². The molecular weight excluding hydrogens is 352 g/mol. The fourth-order valence-corrected chi connectivity index (χ4v) is 3.03. The highest BCUT2D eigenvalue weighted by atomic mass is 32.2. The number of hydrogen-bond acceptors (Lipinski definition) is 4. The summed E-state index contributed by atoms with van der Waals surface area (Å²) in [6.45, 7) is 1.95. The Labute approximate surface area is 151 Å². The molecule has 2 N–H and O–H groups in total. The van der Waals surface area contributed by atoms with E-state index in [4.69, 9.17) is 0 Å². The molecule has 0 unspecified atom stereocenters. The molecule has 8 heteroatoms. The van der Waals surface area contributed by atoms with Crippen LogP contribution in [0.5, 0.6) is 0 Å². The lowest BCUT2D eigenvalue weighted by molar-refractivity contribution is 0.102. The number of aromatic nitrogens is 2. The zero-order valence-corrected chi connectivity index (χ0v) is 15.1. The van der Waals surface area contributed by atoms with E-state index < -0.39 is 10.0 Å². The summed E-state index contributed by atoms with van der Waals surface area (Å²) >= 11 is 0. The van der Waals surface area contributed by atoms with Gasteiger partial charge >= 0.3 is 0 Å². The van der Waals surface area contributed by atoms with Crippen molar-refractivity contribution in [1.82, 2.24) is 9.78 Å². The fraction of sp³-hybridized carbons (Fsp3) is 0.111. The highest BCUT2D eigenvalue weighted by Crippen LogP contribution is 2.18. The van der Waals surface area contributed by atoms with Gasteiger partial charge in [-0.2, -0.15) is 5.10 Å². The average molecular weight is 370 g/mol. The number of aryl methyl sites for hydroxylation is 1. The number of hydrogen-bond donors (Lipinski definition) is 2. The maximum Gasteiger partial charge on any atom is 0.255 e. The minimum atomic E-state index is -3.38. The molecule has 0 atom stereocenters. The van der Waals surface area contributed by atoms with Crippen molar-refractivity contribution >= 4 is 27.3 Å². The highest BCUT2D eigenvalue weighted by molar-refractivity contribution is 7.92. The highest BCUT2D eigenvalue weighted by Gasteiger charge is 2.09. The summed E-state index contributed by atoms with van der Waals surface area (Å²) < 4.78 is 26.8. The maximum atomic E-state index is 12.4. The van der Waals surface area contributed by atoms with Gasteiger partial charge < -0.3 is 5.32 Å². The molecule has 7 nitrogen and oxygen atoms in total. The van der Waals surface area contributed by atoms with Crippen LogP contribution >= 0.6 is 0 Å². The van der Waals surface area contributed by atoms with Crippen molar-refractivity contribution in [1.29, 1.82) is 0 Å². The second kappa shape index (κ2) is 7.01. The van der Waals surface area contributed by atoms with E-state index in [9.17, 15) is 13.2 Å². The molecule has 0 saturated carbocycles. The topological polar surface area (TPSA) is 93.1 Å². The number of amides is 1. The Kier molecular flexibility index (Phi) is 4.77. The molecular formula is C18H18N4O3S. The van der Waals surface area contributed by atoms with Gasteiger partial charge in [-0.15, -0.1) is 0 Å². The van der Waals surface area contributed by atoms with Crippen LogP contribution in [-0.4, -0.2) is 30.4 Å². The van der Waals surface area contributed by atoms with Crippen molar-refractivity contribution in [3.8, 4) is 5.69 Å². The molecule has 26 heavy (non-hydrogen) atoms. The van der Waals surface area contributed by atoms with Crippen LogP contribution in [0.25, 0.3) is 5.69 Å². The number of carbonyl (C=O) groups excluding carboxylic acids is 1. The van der Waals surface area contributed by atoms with E-state index in [-0.39, 0.29) is 5.91 Å². The third-order valence-corrected chi connectivity index (χ3v) is 4.24. The number of benzene rings is 2. The first-order chi connectivity index (χ1) is 12.3. The van der Waals surface area contributed by atoms with E-state index in [0.717, 1.165) is 17.6 Å². The summed E-state index contributed by atoms with van der Waals surface area (Å²) in [7, 11) is -3.38. The minimum Gasteiger partial charge on any atom is -0.322 e. The molecule has 0 fully saturated rings. The zero-order chi connectivity index (χ0) is 18.7. The molecule has 134 valence electrons. The monoisotopic (exact) mass is 370 g/mol. The molecule has 0 saturated heterocycles. The van der Waals surface area contributed by atoms with E-state index >= 15 is 0 Å². The number of sulfonamides is 1. The molecule has 0 radical (unpaired) electrons. The van der Waals surface area contributed by atoms with Crippen molar-refractivity contribution in [2.75, 3.05) is 16.3 Å². The van der Waals surface area contributed by atoms with Crippen molar-refractivity contribution in [2.24, 2.45) is 0 Å². The first kappa shape index (κ1) is 17.7. The van der Waals surface area contributed by atoms with E-state index in [1.807, 2.05) is 25.1 Å². The van der Waals surface area contributed by atoms with Crippen molar-refractivity contribution in [3.63, 3.8) is 0 Å². The van der Waals surface area contributed by atoms with Crippen molar-refractivity contribution in [3.05, 3.63) is 72.1 Å². The molecule has 3 aromatic rings. The van der Waals surface area contributed by atoms with Gasteiger partial charge in [0.05, 0.1) is 17.6 Å².